The summed E-state index contributed by atoms with van der Waals surface area (Å²) in [6.07, 6.45) is 2.21. The van der Waals surface area contributed by atoms with Gasteiger partial charge in [0.2, 0.25) is 5.91 Å². The van der Waals surface area contributed by atoms with Crippen LogP contribution in [0.3, 0.4) is 0 Å². The Bertz CT molecular complexity index is 1750. The molecule has 0 fully saturated rings. The zero-order valence-corrected chi connectivity index (χ0v) is 25.4. The predicted molar refractivity (Wildman–Crippen MR) is 172 cm³/mol. The van der Waals surface area contributed by atoms with Crippen LogP contribution >= 0.6 is 11.3 Å². The third-order valence-electron chi connectivity index (χ3n) is 7.84. The first-order valence-corrected chi connectivity index (χ1v) is 15.5. The smallest absolute Gasteiger partial charge is 0.415 e. The number of allylic oxidation sites excluding steroid dienone is 2. The number of halogens is 3. The van der Waals surface area contributed by atoms with E-state index in [2.05, 4.69) is 21.7 Å². The van der Waals surface area contributed by atoms with Crippen molar-refractivity contribution in [1.29, 1.82) is 0 Å². The van der Waals surface area contributed by atoms with Crippen LogP contribution in [0.15, 0.2) is 66.7 Å². The van der Waals surface area contributed by atoms with Gasteiger partial charge in [0.1, 0.15) is 7.85 Å². The second-order valence-corrected chi connectivity index (χ2v) is 12.1. The second kappa shape index (κ2) is 13.7. The van der Waals surface area contributed by atoms with Gasteiger partial charge in [0.05, 0.1) is 28.1 Å². The molecule has 3 aromatic carbocycles. The summed E-state index contributed by atoms with van der Waals surface area (Å²) in [7, 11) is 1.40. The number of carboxylic acids is 1. The summed E-state index contributed by atoms with van der Waals surface area (Å²) in [6, 6.07) is 17.0. The fourth-order valence-corrected chi connectivity index (χ4v) is 6.38. The summed E-state index contributed by atoms with van der Waals surface area (Å²) in [6.45, 7) is 0.00785. The molecule has 5 rings (SSSR count). The zero-order valence-electron chi connectivity index (χ0n) is 24.5. The summed E-state index contributed by atoms with van der Waals surface area (Å²) in [4.78, 5) is 41.2. The molecular weight excluding hydrogens is 602 g/mol. The average Bonchev–Trinajstić information content (AvgIpc) is 3.40. The minimum absolute atomic E-state index is 0.00785. The van der Waals surface area contributed by atoms with Gasteiger partial charge in [-0.3, -0.25) is 14.4 Å². The number of thiazole rings is 1. The molecule has 232 valence electrons. The van der Waals surface area contributed by atoms with Crippen LogP contribution in [-0.2, 0) is 22.2 Å². The van der Waals surface area contributed by atoms with E-state index < -0.39 is 29.5 Å². The van der Waals surface area contributed by atoms with Crippen molar-refractivity contribution >= 4 is 63.4 Å². The molecule has 0 bridgehead atoms. The molecule has 1 aromatic heterocycles. The highest BCUT2D eigenvalue weighted by Gasteiger charge is 2.33. The van der Waals surface area contributed by atoms with Gasteiger partial charge in [0, 0.05) is 12.1 Å². The largest absolute Gasteiger partial charge is 0.481 e. The SMILES string of the molecule is Bc1cc2sc(NC(=O)C(Cc3ccc(C(=O)NCCC(=O)O)cc3)c3ccc(C4=CCCCC4)cc3)nc2cc1C(F)(F)F. The molecule has 1 unspecified atom stereocenters. The first-order chi connectivity index (χ1) is 21.5. The van der Waals surface area contributed by atoms with Gasteiger partial charge in [-0.15, -0.1) is 0 Å². The highest BCUT2D eigenvalue weighted by atomic mass is 32.1. The van der Waals surface area contributed by atoms with Crippen molar-refractivity contribution in [2.45, 2.75) is 50.6 Å². The van der Waals surface area contributed by atoms with Crippen molar-refractivity contribution in [3.8, 4) is 0 Å². The van der Waals surface area contributed by atoms with E-state index in [0.717, 1.165) is 53.4 Å². The third-order valence-corrected chi connectivity index (χ3v) is 8.78. The molecule has 12 heteroatoms. The van der Waals surface area contributed by atoms with Gasteiger partial charge < -0.3 is 15.7 Å². The topological polar surface area (TPSA) is 108 Å². The number of aromatic nitrogens is 1. The Morgan fingerprint density at radius 3 is 2.40 bits per heavy atom. The van der Waals surface area contributed by atoms with Crippen LogP contribution < -0.4 is 16.1 Å². The fraction of sp³-hybridized carbons (Fsp3) is 0.273. The van der Waals surface area contributed by atoms with Crippen molar-refractivity contribution in [3.63, 3.8) is 0 Å². The fourth-order valence-electron chi connectivity index (χ4n) is 5.43. The Morgan fingerprint density at radius 1 is 1.02 bits per heavy atom. The van der Waals surface area contributed by atoms with Crippen LogP contribution in [-0.4, -0.2) is 42.3 Å². The number of amides is 2. The van der Waals surface area contributed by atoms with Gasteiger partial charge >= 0.3 is 12.1 Å². The molecular formula is C33H31BF3N3O4S. The molecule has 0 saturated heterocycles. The summed E-state index contributed by atoms with van der Waals surface area (Å²) >= 11 is 1.11. The molecule has 7 nitrogen and oxygen atoms in total. The molecule has 1 heterocycles. The number of anilines is 1. The van der Waals surface area contributed by atoms with Crippen molar-refractivity contribution in [3.05, 3.63) is 94.6 Å². The number of fused-ring (bicyclic) bond motifs is 1. The Labute approximate surface area is 263 Å². The lowest BCUT2D eigenvalue weighted by Gasteiger charge is -2.18. The molecule has 3 N–H and O–H groups in total. The molecule has 0 spiro atoms. The predicted octanol–water partition coefficient (Wildman–Crippen LogP) is 5.70. The number of carbonyl (C=O) groups is 3. The lowest BCUT2D eigenvalue weighted by Crippen LogP contribution is -2.26. The van der Waals surface area contributed by atoms with E-state index in [9.17, 15) is 27.6 Å². The van der Waals surface area contributed by atoms with Crippen LogP contribution in [0.25, 0.3) is 15.8 Å². The van der Waals surface area contributed by atoms with E-state index >= 15 is 0 Å². The molecule has 45 heavy (non-hydrogen) atoms. The van der Waals surface area contributed by atoms with Gasteiger partial charge in [0.25, 0.3) is 5.91 Å². The number of hydrogen-bond donors (Lipinski definition) is 3. The molecule has 1 atom stereocenters. The van der Waals surface area contributed by atoms with Crippen LogP contribution in [0.1, 0.15) is 70.6 Å². The minimum Gasteiger partial charge on any atom is -0.481 e. The monoisotopic (exact) mass is 633 g/mol. The van der Waals surface area contributed by atoms with Crippen LogP contribution in [0.4, 0.5) is 18.3 Å². The minimum atomic E-state index is -4.51. The molecule has 0 saturated carbocycles. The number of nitrogens with one attached hydrogen (secondary N) is 2. The van der Waals surface area contributed by atoms with Crippen molar-refractivity contribution in [2.24, 2.45) is 0 Å². The lowest BCUT2D eigenvalue weighted by molar-refractivity contribution is -0.137. The maximum atomic E-state index is 13.8. The lowest BCUT2D eigenvalue weighted by atomic mass is 9.88. The van der Waals surface area contributed by atoms with E-state index in [4.69, 9.17) is 5.11 Å². The van der Waals surface area contributed by atoms with Gasteiger partial charge in [-0.2, -0.15) is 13.2 Å². The number of carboxylic acid groups (broad SMARTS) is 1. The van der Waals surface area contributed by atoms with Crippen LogP contribution in [0, 0.1) is 0 Å². The third kappa shape index (κ3) is 7.99. The van der Waals surface area contributed by atoms with Gasteiger partial charge in [0.15, 0.2) is 5.13 Å². The highest BCUT2D eigenvalue weighted by molar-refractivity contribution is 7.22. The normalized spacial score (nSPS) is 14.1. The summed E-state index contributed by atoms with van der Waals surface area (Å²) in [5.74, 6) is -2.43. The molecule has 0 aliphatic heterocycles. The molecule has 1 aliphatic rings. The first kappa shape index (κ1) is 32.0. The van der Waals surface area contributed by atoms with Gasteiger partial charge in [-0.25, -0.2) is 4.98 Å². The number of hydrogen-bond acceptors (Lipinski definition) is 5. The van der Waals surface area contributed by atoms with E-state index in [1.54, 1.807) is 24.3 Å². The van der Waals surface area contributed by atoms with Crippen LogP contribution in [0.2, 0.25) is 0 Å². The number of carbonyl (C=O) groups excluding carboxylic acids is 2. The number of benzene rings is 3. The van der Waals surface area contributed by atoms with Crippen molar-refractivity contribution in [1.82, 2.24) is 10.3 Å². The molecule has 2 amide bonds. The van der Waals surface area contributed by atoms with E-state index in [1.165, 1.54) is 25.9 Å². The second-order valence-electron chi connectivity index (χ2n) is 11.1. The maximum Gasteiger partial charge on any atom is 0.415 e. The summed E-state index contributed by atoms with van der Waals surface area (Å²) in [5, 5.41) is 14.4. The maximum absolute atomic E-state index is 13.8. The number of alkyl halides is 3. The molecule has 4 aromatic rings. The Hall–Kier alpha value is -4.45. The molecule has 0 radical (unpaired) electrons. The standard InChI is InChI=1S/C33H31BF3N3O4S/c34-26-18-28-27(17-25(26)33(35,36)37)39-32(45-28)40-31(44)24(22-12-10-21(11-13-22)20-4-2-1-3-5-20)16-19-6-8-23(9-7-19)30(43)38-15-14-29(41)42/h4,6-13,17-18,24H,1-3,5,14-16,34H2,(H,38,43)(H,41,42)(H,39,40,44). The quantitative estimate of drug-likeness (QED) is 0.194. The summed E-state index contributed by atoms with van der Waals surface area (Å²) < 4.78 is 40.9. The van der Waals surface area contributed by atoms with Crippen molar-refractivity contribution in [2.75, 3.05) is 11.9 Å². The van der Waals surface area contributed by atoms with Crippen LogP contribution in [0.5, 0.6) is 0 Å². The van der Waals surface area contributed by atoms with E-state index in [0.29, 0.717) is 10.3 Å². The van der Waals surface area contributed by atoms with Crippen molar-refractivity contribution < 1.29 is 32.7 Å². The zero-order chi connectivity index (χ0) is 32.1. The van der Waals surface area contributed by atoms with E-state index in [-0.39, 0.29) is 41.4 Å². The van der Waals surface area contributed by atoms with E-state index in [1.807, 2.05) is 24.3 Å². The number of aliphatic carboxylic acids is 1. The Balaban J connectivity index is 1.39. The first-order valence-electron chi connectivity index (χ1n) is 14.7. The number of rotatable bonds is 10. The van der Waals surface area contributed by atoms with Gasteiger partial charge in [-0.1, -0.05) is 59.3 Å². The highest BCUT2D eigenvalue weighted by Crippen LogP contribution is 2.34. The van der Waals surface area contributed by atoms with Gasteiger partial charge in [-0.05, 0) is 78.6 Å². The average molecular weight is 634 g/mol. The Kier molecular flexibility index (Phi) is 9.72. The Morgan fingerprint density at radius 2 is 1.76 bits per heavy atom. The number of nitrogens with zero attached hydrogens (tertiary/aromatic N) is 1. The molecule has 1 aliphatic carbocycles. The summed E-state index contributed by atoms with van der Waals surface area (Å²) in [5.41, 5.74) is 3.78.